The highest BCUT2D eigenvalue weighted by Gasteiger charge is 2.12. The first kappa shape index (κ1) is 9.99. The van der Waals surface area contributed by atoms with Crippen LogP contribution in [0.25, 0.3) is 0 Å². The van der Waals surface area contributed by atoms with Crippen molar-refractivity contribution in [3.05, 3.63) is 28.4 Å². The lowest BCUT2D eigenvalue weighted by Crippen LogP contribution is -2.05. The molecule has 0 aliphatic heterocycles. The third-order valence-corrected chi connectivity index (χ3v) is 1.54. The molecule has 0 saturated carbocycles. The highest BCUT2D eigenvalue weighted by atomic mass is 16.6. The molecule has 0 amide bonds. The van der Waals surface area contributed by atoms with Crippen LogP contribution in [0.4, 0.5) is 11.5 Å². The largest absolute Gasteiger partial charge is 0.363 e. The number of anilines is 1. The predicted molar refractivity (Wildman–Crippen MR) is 52.8 cm³/mol. The lowest BCUT2D eigenvalue weighted by Gasteiger charge is -2.02. The topological polar surface area (TPSA) is 68.1 Å². The minimum Gasteiger partial charge on any atom is -0.363 e. The number of nitrogens with zero attached hydrogens (tertiary/aromatic N) is 2. The van der Waals surface area contributed by atoms with Crippen LogP contribution >= 0.6 is 0 Å². The molecule has 14 heavy (non-hydrogen) atoms. The normalized spacial score (nSPS) is 9.07. The first-order chi connectivity index (χ1) is 6.75. The maximum absolute atomic E-state index is 10.5. The van der Waals surface area contributed by atoms with E-state index in [0.29, 0.717) is 13.0 Å². The van der Waals surface area contributed by atoms with Crippen molar-refractivity contribution in [1.29, 1.82) is 0 Å². The molecule has 72 valence electrons. The van der Waals surface area contributed by atoms with Gasteiger partial charge in [-0.3, -0.25) is 10.1 Å². The Bertz CT molecular complexity index is 371. The Kier molecular flexibility index (Phi) is 3.44. The molecule has 0 bridgehead atoms. The van der Waals surface area contributed by atoms with Crippen molar-refractivity contribution >= 4 is 11.5 Å². The smallest absolute Gasteiger partial charge is 0.311 e. The average Bonchev–Trinajstić information content (AvgIpc) is 2.19. The molecule has 1 aromatic heterocycles. The SMILES string of the molecule is C#CCCNc1ncccc1[N+](=O)[O-]. The summed E-state index contributed by atoms with van der Waals surface area (Å²) >= 11 is 0. The van der Waals surface area contributed by atoms with Crippen molar-refractivity contribution in [2.75, 3.05) is 11.9 Å². The number of aromatic nitrogens is 1. The van der Waals surface area contributed by atoms with Gasteiger partial charge >= 0.3 is 5.69 Å². The van der Waals surface area contributed by atoms with Crippen LogP contribution < -0.4 is 5.32 Å². The van der Waals surface area contributed by atoms with Gasteiger partial charge in [0.25, 0.3) is 0 Å². The summed E-state index contributed by atoms with van der Waals surface area (Å²) < 4.78 is 0. The second-order valence-electron chi connectivity index (χ2n) is 2.51. The Labute approximate surface area is 81.3 Å². The molecule has 1 aromatic rings. The molecule has 1 heterocycles. The minimum atomic E-state index is -0.481. The molecular weight excluding hydrogens is 182 g/mol. The zero-order valence-corrected chi connectivity index (χ0v) is 7.43. The fraction of sp³-hybridized carbons (Fsp3) is 0.222. The summed E-state index contributed by atoms with van der Waals surface area (Å²) in [6.07, 6.45) is 7.05. The number of rotatable bonds is 4. The van der Waals surface area contributed by atoms with E-state index in [9.17, 15) is 10.1 Å². The van der Waals surface area contributed by atoms with E-state index in [2.05, 4.69) is 16.2 Å². The van der Waals surface area contributed by atoms with E-state index < -0.39 is 4.92 Å². The molecule has 5 nitrogen and oxygen atoms in total. The van der Waals surface area contributed by atoms with Crippen molar-refractivity contribution in [2.24, 2.45) is 0 Å². The van der Waals surface area contributed by atoms with Crippen LogP contribution in [-0.4, -0.2) is 16.5 Å². The number of hydrogen-bond donors (Lipinski definition) is 1. The monoisotopic (exact) mass is 191 g/mol. The number of nitrogens with one attached hydrogen (secondary N) is 1. The molecule has 0 spiro atoms. The standard InChI is InChI=1S/C9H9N3O2/c1-2-3-6-10-9-8(12(13)14)5-4-7-11-9/h1,4-5,7H,3,6H2,(H,10,11). The molecule has 0 fully saturated rings. The minimum absolute atomic E-state index is 0.0375. The van der Waals surface area contributed by atoms with Gasteiger partial charge in [0.15, 0.2) is 0 Å². The second kappa shape index (κ2) is 4.82. The lowest BCUT2D eigenvalue weighted by molar-refractivity contribution is -0.384. The molecule has 5 heteroatoms. The van der Waals surface area contributed by atoms with Crippen LogP contribution in [0.5, 0.6) is 0 Å². The van der Waals surface area contributed by atoms with E-state index in [1.807, 2.05) is 0 Å². The molecular formula is C9H9N3O2. The fourth-order valence-corrected chi connectivity index (χ4v) is 0.933. The molecule has 0 aromatic carbocycles. The summed E-state index contributed by atoms with van der Waals surface area (Å²) in [4.78, 5) is 13.9. The van der Waals surface area contributed by atoms with Crippen molar-refractivity contribution in [1.82, 2.24) is 4.98 Å². The summed E-state index contributed by atoms with van der Waals surface area (Å²) in [5, 5.41) is 13.3. The third-order valence-electron chi connectivity index (χ3n) is 1.54. The van der Waals surface area contributed by atoms with Crippen molar-refractivity contribution in [3.8, 4) is 12.3 Å². The quantitative estimate of drug-likeness (QED) is 0.338. The molecule has 1 rings (SSSR count). The van der Waals surface area contributed by atoms with Gasteiger partial charge in [0, 0.05) is 25.2 Å². The van der Waals surface area contributed by atoms with Gasteiger partial charge in [0.2, 0.25) is 5.82 Å². The van der Waals surface area contributed by atoms with Crippen molar-refractivity contribution in [3.63, 3.8) is 0 Å². The molecule has 0 radical (unpaired) electrons. The first-order valence-electron chi connectivity index (χ1n) is 4.02. The van der Waals surface area contributed by atoms with Gasteiger partial charge in [-0.05, 0) is 6.07 Å². The summed E-state index contributed by atoms with van der Waals surface area (Å²) in [5.74, 6) is 2.68. The molecule has 0 saturated heterocycles. The zero-order chi connectivity index (χ0) is 10.4. The number of nitro groups is 1. The van der Waals surface area contributed by atoms with Crippen LogP contribution in [0.2, 0.25) is 0 Å². The molecule has 0 aliphatic rings. The van der Waals surface area contributed by atoms with Crippen LogP contribution in [0.1, 0.15) is 6.42 Å². The van der Waals surface area contributed by atoms with E-state index in [1.165, 1.54) is 18.3 Å². The lowest BCUT2D eigenvalue weighted by atomic mass is 10.3. The second-order valence-corrected chi connectivity index (χ2v) is 2.51. The number of hydrogen-bond acceptors (Lipinski definition) is 4. The van der Waals surface area contributed by atoms with E-state index >= 15 is 0 Å². The van der Waals surface area contributed by atoms with E-state index in [1.54, 1.807) is 0 Å². The maximum Gasteiger partial charge on any atom is 0.311 e. The van der Waals surface area contributed by atoms with Crippen LogP contribution in [-0.2, 0) is 0 Å². The van der Waals surface area contributed by atoms with Crippen LogP contribution in [0.3, 0.4) is 0 Å². The highest BCUT2D eigenvalue weighted by molar-refractivity contribution is 5.54. The Balaban J connectivity index is 2.75. The van der Waals surface area contributed by atoms with Gasteiger partial charge in [-0.2, -0.15) is 0 Å². The van der Waals surface area contributed by atoms with Gasteiger partial charge in [0.1, 0.15) is 0 Å². The van der Waals surface area contributed by atoms with Crippen LogP contribution in [0.15, 0.2) is 18.3 Å². The Hall–Kier alpha value is -2.09. The summed E-state index contributed by atoms with van der Waals surface area (Å²) in [6, 6.07) is 2.91. The number of terminal acetylenes is 1. The highest BCUT2D eigenvalue weighted by Crippen LogP contribution is 2.19. The van der Waals surface area contributed by atoms with Gasteiger partial charge in [-0.1, -0.05) is 0 Å². The molecule has 0 atom stereocenters. The van der Waals surface area contributed by atoms with Crippen molar-refractivity contribution in [2.45, 2.75) is 6.42 Å². The summed E-state index contributed by atoms with van der Waals surface area (Å²) in [7, 11) is 0. The predicted octanol–water partition coefficient (Wildman–Crippen LogP) is 1.42. The molecule has 0 aliphatic carbocycles. The Morgan fingerprint density at radius 3 is 3.14 bits per heavy atom. The van der Waals surface area contributed by atoms with Crippen LogP contribution in [0, 0.1) is 22.5 Å². The Morgan fingerprint density at radius 1 is 1.71 bits per heavy atom. The first-order valence-corrected chi connectivity index (χ1v) is 4.02. The number of pyridine rings is 1. The van der Waals surface area contributed by atoms with Gasteiger partial charge < -0.3 is 5.32 Å². The van der Waals surface area contributed by atoms with E-state index in [0.717, 1.165) is 0 Å². The van der Waals surface area contributed by atoms with E-state index in [-0.39, 0.29) is 11.5 Å². The van der Waals surface area contributed by atoms with E-state index in [4.69, 9.17) is 6.42 Å². The molecule has 1 N–H and O–H groups in total. The fourth-order valence-electron chi connectivity index (χ4n) is 0.933. The zero-order valence-electron chi connectivity index (χ0n) is 7.43. The third kappa shape index (κ3) is 2.45. The van der Waals surface area contributed by atoms with Gasteiger partial charge in [-0.15, -0.1) is 12.3 Å². The summed E-state index contributed by atoms with van der Waals surface area (Å²) in [5.41, 5.74) is -0.0375. The Morgan fingerprint density at radius 2 is 2.50 bits per heavy atom. The maximum atomic E-state index is 10.5. The molecule has 0 unspecified atom stereocenters. The van der Waals surface area contributed by atoms with Crippen molar-refractivity contribution < 1.29 is 4.92 Å². The van der Waals surface area contributed by atoms with Gasteiger partial charge in [0.05, 0.1) is 4.92 Å². The average molecular weight is 191 g/mol. The summed E-state index contributed by atoms with van der Waals surface area (Å²) in [6.45, 7) is 0.481. The van der Waals surface area contributed by atoms with Gasteiger partial charge in [-0.25, -0.2) is 4.98 Å².